The molecule has 0 saturated heterocycles. The molecule has 0 unspecified atom stereocenters. The fraction of sp³-hybridized carbons (Fsp3) is 0.500. The summed E-state index contributed by atoms with van der Waals surface area (Å²) in [4.78, 5) is 11.9. The molecule has 1 aromatic heterocycles. The molecule has 0 saturated carbocycles. The summed E-state index contributed by atoms with van der Waals surface area (Å²) in [5, 5.41) is 11.1. The van der Waals surface area contributed by atoms with Crippen LogP contribution < -0.4 is 10.1 Å². The maximum Gasteiger partial charge on any atom is 0.416 e. The zero-order valence-electron chi connectivity index (χ0n) is 14.8. The topological polar surface area (TPSA) is 69.0 Å². The molecule has 0 spiro atoms. The van der Waals surface area contributed by atoms with Gasteiger partial charge < -0.3 is 14.6 Å². The second kappa shape index (κ2) is 8.41. The third-order valence-corrected chi connectivity index (χ3v) is 4.39. The summed E-state index contributed by atoms with van der Waals surface area (Å²) in [7, 11) is 0. The molecule has 6 nitrogen and oxygen atoms in total. The van der Waals surface area contributed by atoms with Gasteiger partial charge in [0.15, 0.2) is 6.61 Å². The summed E-state index contributed by atoms with van der Waals surface area (Å²) < 4.78 is 45.3. The molecule has 2 heterocycles. The van der Waals surface area contributed by atoms with Crippen LogP contribution in [0, 0.1) is 0 Å². The molecule has 1 aromatic carbocycles. The van der Waals surface area contributed by atoms with E-state index in [1.54, 1.807) is 0 Å². The Labute approximate surface area is 154 Å². The highest BCUT2D eigenvalue weighted by atomic mass is 19.4. The number of fused-ring (bicyclic) bond motifs is 1. The van der Waals surface area contributed by atoms with Crippen molar-refractivity contribution >= 4 is 5.91 Å². The third-order valence-electron chi connectivity index (χ3n) is 4.39. The van der Waals surface area contributed by atoms with Crippen LogP contribution in [0.3, 0.4) is 0 Å². The van der Waals surface area contributed by atoms with Gasteiger partial charge in [-0.1, -0.05) is 12.5 Å². The van der Waals surface area contributed by atoms with Crippen LogP contribution >= 0.6 is 0 Å². The van der Waals surface area contributed by atoms with E-state index in [4.69, 9.17) is 4.74 Å². The van der Waals surface area contributed by atoms with Crippen molar-refractivity contribution in [2.45, 2.75) is 44.8 Å². The lowest BCUT2D eigenvalue weighted by Crippen LogP contribution is -2.31. The molecule has 2 aromatic rings. The van der Waals surface area contributed by atoms with Crippen LogP contribution in [0.5, 0.6) is 5.75 Å². The highest BCUT2D eigenvalue weighted by molar-refractivity contribution is 5.77. The number of ether oxygens (including phenoxy) is 1. The Kier molecular flexibility index (Phi) is 5.98. The second-order valence-electron chi connectivity index (χ2n) is 6.41. The summed E-state index contributed by atoms with van der Waals surface area (Å²) >= 11 is 0. The largest absolute Gasteiger partial charge is 0.484 e. The van der Waals surface area contributed by atoms with Gasteiger partial charge in [-0.05, 0) is 31.0 Å². The number of hydrogen-bond acceptors (Lipinski definition) is 4. The van der Waals surface area contributed by atoms with Crippen molar-refractivity contribution in [2.24, 2.45) is 0 Å². The third kappa shape index (κ3) is 5.21. The normalized spacial score (nSPS) is 14.3. The highest BCUT2D eigenvalue weighted by Crippen LogP contribution is 2.31. The van der Waals surface area contributed by atoms with Gasteiger partial charge in [0.2, 0.25) is 0 Å². The highest BCUT2D eigenvalue weighted by Gasteiger charge is 2.30. The first-order chi connectivity index (χ1) is 12.9. The molecule has 146 valence electrons. The number of carbonyl (C=O) groups is 1. The van der Waals surface area contributed by atoms with Crippen molar-refractivity contribution < 1.29 is 22.7 Å². The quantitative estimate of drug-likeness (QED) is 0.834. The van der Waals surface area contributed by atoms with Gasteiger partial charge in [0.25, 0.3) is 5.91 Å². The fourth-order valence-corrected chi connectivity index (χ4v) is 3.01. The lowest BCUT2D eigenvalue weighted by molar-refractivity contribution is -0.137. The zero-order valence-corrected chi connectivity index (χ0v) is 14.8. The molecule has 1 N–H and O–H groups in total. The number of halogens is 3. The maximum absolute atomic E-state index is 12.7. The molecular formula is C18H21F3N4O2. The number of aryl methyl sites for hydroxylation is 1. The number of nitrogens with one attached hydrogen (secondary N) is 1. The van der Waals surface area contributed by atoms with Crippen molar-refractivity contribution in [1.82, 2.24) is 20.1 Å². The van der Waals surface area contributed by atoms with Crippen molar-refractivity contribution in [2.75, 3.05) is 13.2 Å². The van der Waals surface area contributed by atoms with Crippen LogP contribution in [0.2, 0.25) is 0 Å². The number of rotatable bonds is 6. The van der Waals surface area contributed by atoms with Crippen LogP contribution in [-0.2, 0) is 30.4 Å². The van der Waals surface area contributed by atoms with Crippen LogP contribution in [0.1, 0.15) is 36.5 Å². The molecule has 27 heavy (non-hydrogen) atoms. The smallest absolute Gasteiger partial charge is 0.416 e. The van der Waals surface area contributed by atoms with E-state index < -0.39 is 17.6 Å². The van der Waals surface area contributed by atoms with Gasteiger partial charge in [0.1, 0.15) is 17.4 Å². The predicted octanol–water partition coefficient (Wildman–Crippen LogP) is 2.76. The minimum atomic E-state index is -4.45. The van der Waals surface area contributed by atoms with E-state index in [2.05, 4.69) is 20.1 Å². The van der Waals surface area contributed by atoms with E-state index in [-0.39, 0.29) is 12.4 Å². The van der Waals surface area contributed by atoms with Crippen LogP contribution in [0.15, 0.2) is 24.3 Å². The Morgan fingerprint density at radius 1 is 1.22 bits per heavy atom. The maximum atomic E-state index is 12.7. The summed E-state index contributed by atoms with van der Waals surface area (Å²) in [6, 6.07) is 4.45. The molecule has 1 aliphatic rings. The number of alkyl halides is 3. The number of aromatic nitrogens is 3. The number of nitrogens with zero attached hydrogens (tertiary/aromatic N) is 3. The summed E-state index contributed by atoms with van der Waals surface area (Å²) in [5.74, 6) is 1.43. The molecule has 0 bridgehead atoms. The monoisotopic (exact) mass is 382 g/mol. The van der Waals surface area contributed by atoms with E-state index in [1.165, 1.54) is 18.6 Å². The summed E-state index contributed by atoms with van der Waals surface area (Å²) in [6.07, 6.45) is 0.397. The van der Waals surface area contributed by atoms with E-state index >= 15 is 0 Å². The second-order valence-corrected chi connectivity index (χ2v) is 6.41. The van der Waals surface area contributed by atoms with Crippen molar-refractivity contribution in [1.29, 1.82) is 0 Å². The van der Waals surface area contributed by atoms with Crippen LogP contribution in [0.25, 0.3) is 0 Å². The molecular weight excluding hydrogens is 361 g/mol. The van der Waals surface area contributed by atoms with Gasteiger partial charge in [0.05, 0.1) is 5.56 Å². The zero-order chi connectivity index (χ0) is 19.3. The van der Waals surface area contributed by atoms with Crippen molar-refractivity contribution in [3.05, 3.63) is 41.5 Å². The van der Waals surface area contributed by atoms with E-state index in [1.807, 2.05) is 0 Å². The summed E-state index contributed by atoms with van der Waals surface area (Å²) in [6.45, 7) is 0.909. The molecule has 0 aliphatic carbocycles. The lowest BCUT2D eigenvalue weighted by Gasteiger charge is -2.11. The first kappa shape index (κ1) is 19.2. The van der Waals surface area contributed by atoms with Crippen molar-refractivity contribution in [3.63, 3.8) is 0 Å². The SMILES string of the molecule is O=C(COc1cccc(C(F)(F)F)c1)NCCc1nnc2n1CCCCC2. The van der Waals surface area contributed by atoms with Gasteiger partial charge in [-0.15, -0.1) is 10.2 Å². The Morgan fingerprint density at radius 2 is 2.07 bits per heavy atom. The van der Waals surface area contributed by atoms with E-state index in [0.29, 0.717) is 13.0 Å². The molecule has 0 radical (unpaired) electrons. The van der Waals surface area contributed by atoms with E-state index in [0.717, 1.165) is 49.6 Å². The Morgan fingerprint density at radius 3 is 2.89 bits per heavy atom. The number of hydrogen-bond donors (Lipinski definition) is 1. The first-order valence-electron chi connectivity index (χ1n) is 8.91. The Hall–Kier alpha value is -2.58. The summed E-state index contributed by atoms with van der Waals surface area (Å²) in [5.41, 5.74) is -0.812. The number of benzene rings is 1. The Balaban J connectivity index is 1.45. The van der Waals surface area contributed by atoms with Crippen LogP contribution in [0.4, 0.5) is 13.2 Å². The van der Waals surface area contributed by atoms with Gasteiger partial charge in [-0.25, -0.2) is 0 Å². The van der Waals surface area contributed by atoms with E-state index in [9.17, 15) is 18.0 Å². The standard InChI is InChI=1S/C18H21F3N4O2/c19-18(20,21)13-5-4-6-14(11-13)27-12-17(26)22-9-8-16-24-23-15-7-2-1-3-10-25(15)16/h4-6,11H,1-3,7-10,12H2,(H,22,26). The number of amides is 1. The van der Waals surface area contributed by atoms with Gasteiger partial charge in [-0.2, -0.15) is 13.2 Å². The average Bonchev–Trinajstić information content (AvgIpc) is 2.86. The first-order valence-corrected chi connectivity index (χ1v) is 8.91. The minimum absolute atomic E-state index is 0.00255. The molecule has 0 fully saturated rings. The van der Waals surface area contributed by atoms with Gasteiger partial charge in [-0.3, -0.25) is 4.79 Å². The average molecular weight is 382 g/mol. The van der Waals surface area contributed by atoms with Gasteiger partial charge >= 0.3 is 6.18 Å². The van der Waals surface area contributed by atoms with Crippen LogP contribution in [-0.4, -0.2) is 33.8 Å². The minimum Gasteiger partial charge on any atom is -0.484 e. The molecule has 9 heteroatoms. The van der Waals surface area contributed by atoms with Crippen molar-refractivity contribution in [3.8, 4) is 5.75 Å². The molecule has 1 amide bonds. The lowest BCUT2D eigenvalue weighted by atomic mass is 10.2. The molecule has 0 atom stereocenters. The fourth-order valence-electron chi connectivity index (χ4n) is 3.01. The predicted molar refractivity (Wildman–Crippen MR) is 91.2 cm³/mol. The number of carbonyl (C=O) groups excluding carboxylic acids is 1. The Bertz CT molecular complexity index is 789. The molecule has 3 rings (SSSR count). The van der Waals surface area contributed by atoms with Gasteiger partial charge in [0, 0.05) is 25.9 Å². The molecule has 1 aliphatic heterocycles.